The molecule has 3 atom stereocenters. The number of nitrogens with zero attached hydrogens (tertiary/aromatic N) is 1. The standard InChI is InChI=1S/C18H24N4O3S/c19-8-4-3-6-13(21-17(25)14-9-11(23)10-20-14)16(24)18-22-12-5-1-2-7-15(12)26-18/h1-2,5,7,11,13-14,20,23H,3-4,6,8-10,19H2,(H,21,25)/t11-,13?,14+/m1/s1. The van der Waals surface area contributed by atoms with E-state index in [0.29, 0.717) is 30.9 Å². The molecule has 1 aromatic carbocycles. The van der Waals surface area contributed by atoms with Gasteiger partial charge in [-0.2, -0.15) is 0 Å². The third-order valence-electron chi connectivity index (χ3n) is 4.51. The Morgan fingerprint density at radius 2 is 2.19 bits per heavy atom. The smallest absolute Gasteiger partial charge is 0.237 e. The van der Waals surface area contributed by atoms with Crippen LogP contribution < -0.4 is 16.4 Å². The van der Waals surface area contributed by atoms with Gasteiger partial charge in [0.25, 0.3) is 0 Å². The highest BCUT2D eigenvalue weighted by Gasteiger charge is 2.31. The van der Waals surface area contributed by atoms with Crippen LogP contribution in [0.2, 0.25) is 0 Å². The number of nitrogens with one attached hydrogen (secondary N) is 2. The SMILES string of the molecule is NCCCCC(NC(=O)[C@@H]1C[C@@H](O)CN1)C(=O)c1nc2ccccc2s1. The number of thiazole rings is 1. The molecule has 3 rings (SSSR count). The highest BCUT2D eigenvalue weighted by Crippen LogP contribution is 2.23. The number of ketones is 1. The number of hydrogen-bond acceptors (Lipinski definition) is 7. The summed E-state index contributed by atoms with van der Waals surface area (Å²) in [6.45, 7) is 0.939. The topological polar surface area (TPSA) is 117 Å². The fraction of sp³-hybridized carbons (Fsp3) is 0.500. The van der Waals surface area contributed by atoms with Crippen molar-refractivity contribution in [2.75, 3.05) is 13.1 Å². The Bertz CT molecular complexity index is 746. The first-order valence-corrected chi connectivity index (χ1v) is 9.72. The van der Waals surface area contributed by atoms with Crippen LogP contribution in [-0.2, 0) is 4.79 Å². The Morgan fingerprint density at radius 3 is 2.88 bits per heavy atom. The number of para-hydroxylation sites is 1. The van der Waals surface area contributed by atoms with Gasteiger partial charge >= 0.3 is 0 Å². The van der Waals surface area contributed by atoms with Crippen molar-refractivity contribution in [3.8, 4) is 0 Å². The lowest BCUT2D eigenvalue weighted by molar-refractivity contribution is -0.123. The maximum atomic E-state index is 13.0. The van der Waals surface area contributed by atoms with Crippen LogP contribution in [0.1, 0.15) is 35.5 Å². The summed E-state index contributed by atoms with van der Waals surface area (Å²) in [5.41, 5.74) is 6.33. The molecule has 1 aromatic heterocycles. The number of carbonyl (C=O) groups is 2. The molecule has 2 heterocycles. The van der Waals surface area contributed by atoms with Crippen molar-refractivity contribution in [1.29, 1.82) is 0 Å². The number of β-amino-alcohol motifs (C(OH)–C–C–N with tert-alkyl or cyclic N) is 1. The van der Waals surface area contributed by atoms with Crippen molar-refractivity contribution in [2.45, 2.75) is 43.9 Å². The highest BCUT2D eigenvalue weighted by molar-refractivity contribution is 7.20. The summed E-state index contributed by atoms with van der Waals surface area (Å²) in [6.07, 6.45) is 1.89. The van der Waals surface area contributed by atoms with Crippen LogP contribution in [-0.4, -0.2) is 53.1 Å². The molecule has 140 valence electrons. The fourth-order valence-electron chi connectivity index (χ4n) is 3.08. The number of amides is 1. The number of Topliss-reactive ketones (excluding diaryl/α,β-unsaturated/α-hetero) is 1. The summed E-state index contributed by atoms with van der Waals surface area (Å²) in [5, 5.41) is 15.8. The molecule has 1 fully saturated rings. The summed E-state index contributed by atoms with van der Waals surface area (Å²) >= 11 is 1.34. The summed E-state index contributed by atoms with van der Waals surface area (Å²) in [6, 6.07) is 6.49. The van der Waals surface area contributed by atoms with Gasteiger partial charge in [0.05, 0.1) is 28.4 Å². The van der Waals surface area contributed by atoms with Crippen LogP contribution in [0.15, 0.2) is 24.3 Å². The van der Waals surface area contributed by atoms with Gasteiger partial charge in [-0.1, -0.05) is 12.1 Å². The minimum atomic E-state index is -0.630. The van der Waals surface area contributed by atoms with Gasteiger partial charge in [0.1, 0.15) is 0 Å². The van der Waals surface area contributed by atoms with Gasteiger partial charge in [0.15, 0.2) is 5.01 Å². The number of aliphatic hydroxyl groups excluding tert-OH is 1. The Morgan fingerprint density at radius 1 is 1.38 bits per heavy atom. The third-order valence-corrected chi connectivity index (χ3v) is 5.56. The van der Waals surface area contributed by atoms with Crippen LogP contribution >= 0.6 is 11.3 Å². The predicted molar refractivity (Wildman–Crippen MR) is 101 cm³/mol. The number of nitrogens with two attached hydrogens (primary N) is 1. The molecular formula is C18H24N4O3S. The monoisotopic (exact) mass is 376 g/mol. The maximum absolute atomic E-state index is 13.0. The molecule has 0 radical (unpaired) electrons. The fourth-order valence-corrected chi connectivity index (χ4v) is 4.04. The van der Waals surface area contributed by atoms with E-state index >= 15 is 0 Å². The van der Waals surface area contributed by atoms with Crippen LogP contribution in [0, 0.1) is 0 Å². The van der Waals surface area contributed by atoms with E-state index < -0.39 is 18.2 Å². The summed E-state index contributed by atoms with van der Waals surface area (Å²) < 4.78 is 0.948. The van der Waals surface area contributed by atoms with Crippen molar-refractivity contribution >= 4 is 33.2 Å². The molecule has 7 nitrogen and oxygen atoms in total. The van der Waals surface area contributed by atoms with Crippen molar-refractivity contribution in [1.82, 2.24) is 15.6 Å². The van der Waals surface area contributed by atoms with Crippen LogP contribution in [0.3, 0.4) is 0 Å². The molecule has 8 heteroatoms. The molecule has 1 aliphatic rings. The van der Waals surface area contributed by atoms with Crippen molar-refractivity contribution < 1.29 is 14.7 Å². The van der Waals surface area contributed by atoms with E-state index in [1.54, 1.807) is 0 Å². The molecule has 26 heavy (non-hydrogen) atoms. The Balaban J connectivity index is 1.73. The zero-order valence-corrected chi connectivity index (χ0v) is 15.3. The number of rotatable bonds is 8. The van der Waals surface area contributed by atoms with Gasteiger partial charge in [0, 0.05) is 6.54 Å². The lowest BCUT2D eigenvalue weighted by Gasteiger charge is -2.19. The minimum Gasteiger partial charge on any atom is -0.392 e. The second-order valence-corrected chi connectivity index (χ2v) is 7.58. The number of benzene rings is 1. The average Bonchev–Trinajstić information content (AvgIpc) is 3.26. The Kier molecular flexibility index (Phi) is 6.31. The summed E-state index contributed by atoms with van der Waals surface area (Å²) in [4.78, 5) is 29.8. The number of fused-ring (bicyclic) bond motifs is 1. The van der Waals surface area contributed by atoms with Crippen LogP contribution in [0.5, 0.6) is 0 Å². The lowest BCUT2D eigenvalue weighted by Crippen LogP contribution is -2.48. The molecule has 1 saturated heterocycles. The van der Waals surface area contributed by atoms with Crippen molar-refractivity contribution in [3.63, 3.8) is 0 Å². The number of unbranched alkanes of at least 4 members (excludes halogenated alkanes) is 1. The molecule has 1 amide bonds. The Labute approximate surface area is 156 Å². The van der Waals surface area contributed by atoms with Crippen molar-refractivity contribution in [2.24, 2.45) is 5.73 Å². The zero-order valence-electron chi connectivity index (χ0n) is 14.5. The first-order valence-electron chi connectivity index (χ1n) is 8.90. The van der Waals surface area contributed by atoms with Gasteiger partial charge < -0.3 is 21.5 Å². The lowest BCUT2D eigenvalue weighted by atomic mass is 10.0. The molecule has 5 N–H and O–H groups in total. The van der Waals surface area contributed by atoms with E-state index in [2.05, 4.69) is 15.6 Å². The highest BCUT2D eigenvalue weighted by atomic mass is 32.1. The van der Waals surface area contributed by atoms with Gasteiger partial charge in [-0.05, 0) is 44.4 Å². The van der Waals surface area contributed by atoms with E-state index in [-0.39, 0.29) is 11.7 Å². The van der Waals surface area contributed by atoms with E-state index in [0.717, 1.165) is 23.1 Å². The molecule has 1 aliphatic heterocycles. The molecule has 0 aliphatic carbocycles. The normalized spacial score (nSPS) is 21.0. The Hall–Kier alpha value is -1.87. The van der Waals surface area contributed by atoms with E-state index in [1.165, 1.54) is 11.3 Å². The van der Waals surface area contributed by atoms with Crippen LogP contribution in [0.4, 0.5) is 0 Å². The number of hydrogen-bond donors (Lipinski definition) is 4. The first-order chi connectivity index (χ1) is 12.6. The van der Waals surface area contributed by atoms with E-state index in [9.17, 15) is 14.7 Å². The minimum absolute atomic E-state index is 0.171. The summed E-state index contributed by atoms with van der Waals surface area (Å²) in [7, 11) is 0. The second-order valence-electron chi connectivity index (χ2n) is 6.55. The van der Waals surface area contributed by atoms with E-state index in [1.807, 2.05) is 24.3 Å². The number of aliphatic hydroxyl groups is 1. The average molecular weight is 376 g/mol. The quantitative estimate of drug-likeness (QED) is 0.400. The maximum Gasteiger partial charge on any atom is 0.237 e. The number of carbonyl (C=O) groups excluding carboxylic acids is 2. The molecule has 1 unspecified atom stereocenters. The van der Waals surface area contributed by atoms with Crippen molar-refractivity contribution in [3.05, 3.63) is 29.3 Å². The molecule has 0 saturated carbocycles. The molecule has 0 bridgehead atoms. The van der Waals surface area contributed by atoms with Gasteiger partial charge in [0.2, 0.25) is 11.7 Å². The largest absolute Gasteiger partial charge is 0.392 e. The molecular weight excluding hydrogens is 352 g/mol. The summed E-state index contributed by atoms with van der Waals surface area (Å²) in [5.74, 6) is -0.427. The van der Waals surface area contributed by atoms with Gasteiger partial charge in [-0.3, -0.25) is 9.59 Å². The second kappa shape index (κ2) is 8.68. The van der Waals surface area contributed by atoms with Crippen LogP contribution in [0.25, 0.3) is 10.2 Å². The predicted octanol–water partition coefficient (Wildman–Crippen LogP) is 0.816. The molecule has 2 aromatic rings. The zero-order chi connectivity index (χ0) is 18.5. The third kappa shape index (κ3) is 4.45. The molecule has 0 spiro atoms. The first kappa shape index (κ1) is 18.9. The number of aromatic nitrogens is 1. The van der Waals surface area contributed by atoms with E-state index in [4.69, 9.17) is 5.73 Å². The van der Waals surface area contributed by atoms with Gasteiger partial charge in [-0.15, -0.1) is 11.3 Å². The van der Waals surface area contributed by atoms with Gasteiger partial charge in [-0.25, -0.2) is 4.98 Å².